The summed E-state index contributed by atoms with van der Waals surface area (Å²) in [5, 5.41) is 6.82. The minimum absolute atomic E-state index is 0. The molecule has 2 heterocycles. The monoisotopic (exact) mass is 577 g/mol. The molecule has 10 heteroatoms. The minimum Gasteiger partial charge on any atom is -0.368 e. The van der Waals surface area contributed by atoms with E-state index in [9.17, 15) is 9.59 Å². The fourth-order valence-electron chi connectivity index (χ4n) is 3.72. The van der Waals surface area contributed by atoms with Crippen molar-refractivity contribution in [2.24, 2.45) is 4.99 Å². The van der Waals surface area contributed by atoms with E-state index in [1.54, 1.807) is 24.3 Å². The Bertz CT molecular complexity index is 763. The fraction of sp³-hybridized carbons (Fsp3) is 0.591. The van der Waals surface area contributed by atoms with Crippen LogP contribution < -0.4 is 10.6 Å². The zero-order valence-electron chi connectivity index (χ0n) is 18.5. The van der Waals surface area contributed by atoms with E-state index in [2.05, 4.69) is 20.5 Å². The smallest absolute Gasteiger partial charge is 0.251 e. The lowest BCUT2D eigenvalue weighted by Gasteiger charge is -2.37. The number of carbonyl (C=O) groups is 2. The molecule has 3 rings (SSSR count). The summed E-state index contributed by atoms with van der Waals surface area (Å²) in [6.45, 7) is 6.87. The molecular formula is C22H33ClIN5O3. The lowest BCUT2D eigenvalue weighted by molar-refractivity contribution is -0.142. The molecule has 0 aromatic heterocycles. The topological polar surface area (TPSA) is 86.3 Å². The van der Waals surface area contributed by atoms with Crippen molar-refractivity contribution in [1.82, 2.24) is 15.1 Å². The molecule has 1 aromatic rings. The van der Waals surface area contributed by atoms with E-state index < -0.39 is 0 Å². The maximum Gasteiger partial charge on any atom is 0.251 e. The lowest BCUT2D eigenvalue weighted by Crippen LogP contribution is -2.55. The number of nitrogens with one attached hydrogen (secondary N) is 2. The number of carbonyl (C=O) groups excluding carboxylic acids is 2. The Morgan fingerprint density at radius 3 is 2.47 bits per heavy atom. The van der Waals surface area contributed by atoms with Crippen LogP contribution >= 0.6 is 35.6 Å². The van der Waals surface area contributed by atoms with E-state index >= 15 is 0 Å². The van der Waals surface area contributed by atoms with Gasteiger partial charge in [0.1, 0.15) is 6.10 Å². The van der Waals surface area contributed by atoms with E-state index in [1.165, 1.54) is 0 Å². The van der Waals surface area contributed by atoms with Crippen LogP contribution in [0.1, 0.15) is 32.6 Å². The van der Waals surface area contributed by atoms with Crippen LogP contribution in [-0.2, 0) is 14.3 Å². The SMILES string of the molecule is CCNC(=NCCCC(=O)Nc1ccc(Cl)cc1)N1CCN(C(=O)C2CCCO2)CC1.I. The summed E-state index contributed by atoms with van der Waals surface area (Å²) in [7, 11) is 0. The molecule has 2 fully saturated rings. The molecule has 0 spiro atoms. The van der Waals surface area contributed by atoms with Crippen LogP contribution in [0.3, 0.4) is 0 Å². The molecule has 32 heavy (non-hydrogen) atoms. The number of aliphatic imine (C=N–C) groups is 1. The van der Waals surface area contributed by atoms with Gasteiger partial charge in [-0.05, 0) is 50.5 Å². The van der Waals surface area contributed by atoms with Crippen LogP contribution in [0.25, 0.3) is 0 Å². The van der Waals surface area contributed by atoms with E-state index in [0.717, 1.165) is 44.1 Å². The first-order valence-corrected chi connectivity index (χ1v) is 11.4. The average molecular weight is 578 g/mol. The molecule has 0 saturated carbocycles. The van der Waals surface area contributed by atoms with Crippen molar-refractivity contribution in [3.05, 3.63) is 29.3 Å². The minimum atomic E-state index is -0.257. The Labute approximate surface area is 212 Å². The first-order valence-electron chi connectivity index (χ1n) is 11.1. The number of halogens is 2. The van der Waals surface area contributed by atoms with Crippen LogP contribution in [0.4, 0.5) is 5.69 Å². The largest absolute Gasteiger partial charge is 0.368 e. The molecule has 0 radical (unpaired) electrons. The molecule has 8 nitrogen and oxygen atoms in total. The van der Waals surface area contributed by atoms with Crippen LogP contribution in [0.2, 0.25) is 5.02 Å². The Hall–Kier alpha value is -1.59. The van der Waals surface area contributed by atoms with Gasteiger partial charge in [-0.2, -0.15) is 0 Å². The lowest BCUT2D eigenvalue weighted by atomic mass is 10.2. The Balaban J connectivity index is 0.00000363. The van der Waals surface area contributed by atoms with Gasteiger partial charge in [-0.25, -0.2) is 0 Å². The van der Waals surface area contributed by atoms with Gasteiger partial charge in [-0.15, -0.1) is 24.0 Å². The van der Waals surface area contributed by atoms with Crippen molar-refractivity contribution in [3.8, 4) is 0 Å². The number of piperazine rings is 1. The van der Waals surface area contributed by atoms with Gasteiger partial charge in [0.25, 0.3) is 5.91 Å². The number of rotatable bonds is 7. The quantitative estimate of drug-likeness (QED) is 0.225. The highest BCUT2D eigenvalue weighted by Gasteiger charge is 2.30. The average Bonchev–Trinajstić information content (AvgIpc) is 3.32. The second-order valence-electron chi connectivity index (χ2n) is 7.71. The third-order valence-corrected chi connectivity index (χ3v) is 5.63. The van der Waals surface area contributed by atoms with Crippen molar-refractivity contribution in [3.63, 3.8) is 0 Å². The summed E-state index contributed by atoms with van der Waals surface area (Å²) in [4.78, 5) is 33.4. The highest BCUT2D eigenvalue weighted by Crippen LogP contribution is 2.16. The van der Waals surface area contributed by atoms with E-state index in [4.69, 9.17) is 16.3 Å². The summed E-state index contributed by atoms with van der Waals surface area (Å²) < 4.78 is 5.53. The van der Waals surface area contributed by atoms with Crippen LogP contribution in [0.5, 0.6) is 0 Å². The normalized spacial score (nSPS) is 18.8. The molecule has 178 valence electrons. The van der Waals surface area contributed by atoms with Gasteiger partial charge in [0.05, 0.1) is 0 Å². The first-order chi connectivity index (χ1) is 15.1. The van der Waals surface area contributed by atoms with Gasteiger partial charge in [-0.3, -0.25) is 14.6 Å². The number of guanidine groups is 1. The first kappa shape index (κ1) is 26.7. The van der Waals surface area contributed by atoms with E-state index in [1.807, 2.05) is 11.8 Å². The summed E-state index contributed by atoms with van der Waals surface area (Å²) in [5.41, 5.74) is 0.738. The molecule has 0 bridgehead atoms. The number of nitrogens with zero attached hydrogens (tertiary/aromatic N) is 3. The zero-order valence-corrected chi connectivity index (χ0v) is 21.6. The fourth-order valence-corrected chi connectivity index (χ4v) is 3.85. The Morgan fingerprint density at radius 2 is 1.84 bits per heavy atom. The van der Waals surface area contributed by atoms with Gasteiger partial charge in [-0.1, -0.05) is 11.6 Å². The highest BCUT2D eigenvalue weighted by atomic mass is 127. The number of hydrogen-bond donors (Lipinski definition) is 2. The third-order valence-electron chi connectivity index (χ3n) is 5.38. The van der Waals surface area contributed by atoms with E-state index in [0.29, 0.717) is 44.1 Å². The van der Waals surface area contributed by atoms with Gasteiger partial charge in [0.15, 0.2) is 5.96 Å². The molecule has 2 aliphatic rings. The maximum absolute atomic E-state index is 12.5. The molecule has 1 unspecified atom stereocenters. The maximum atomic E-state index is 12.5. The van der Waals surface area contributed by atoms with Crippen LogP contribution in [-0.4, -0.2) is 79.6 Å². The zero-order chi connectivity index (χ0) is 22.1. The molecule has 2 saturated heterocycles. The molecule has 2 amide bonds. The summed E-state index contributed by atoms with van der Waals surface area (Å²) in [6.07, 6.45) is 2.59. The van der Waals surface area contributed by atoms with Crippen molar-refractivity contribution in [2.45, 2.75) is 38.7 Å². The summed E-state index contributed by atoms with van der Waals surface area (Å²) in [5.74, 6) is 0.916. The van der Waals surface area contributed by atoms with Crippen LogP contribution in [0.15, 0.2) is 29.3 Å². The molecule has 1 atom stereocenters. The molecule has 1 aromatic carbocycles. The standard InChI is InChI=1S/C22H32ClN5O3.HI/c1-2-24-22(25-11-3-6-20(29)26-18-9-7-17(23)8-10-18)28-14-12-27(13-15-28)21(30)19-5-4-16-31-19;/h7-10,19H,2-6,11-16H2,1H3,(H,24,25)(H,26,29);1H. The van der Waals surface area contributed by atoms with E-state index in [-0.39, 0.29) is 41.9 Å². The van der Waals surface area contributed by atoms with Gasteiger partial charge in [0.2, 0.25) is 5.91 Å². The second kappa shape index (κ2) is 13.8. The number of amides is 2. The van der Waals surface area contributed by atoms with Crippen molar-refractivity contribution in [1.29, 1.82) is 0 Å². The number of hydrogen-bond acceptors (Lipinski definition) is 4. The van der Waals surface area contributed by atoms with Crippen molar-refractivity contribution >= 4 is 59.0 Å². The predicted octanol–water partition coefficient (Wildman–Crippen LogP) is 2.97. The van der Waals surface area contributed by atoms with Gasteiger partial charge >= 0.3 is 0 Å². The number of anilines is 1. The van der Waals surface area contributed by atoms with Crippen LogP contribution in [0, 0.1) is 0 Å². The van der Waals surface area contributed by atoms with Crippen molar-refractivity contribution < 1.29 is 14.3 Å². The highest BCUT2D eigenvalue weighted by molar-refractivity contribution is 14.0. The molecule has 2 aliphatic heterocycles. The predicted molar refractivity (Wildman–Crippen MR) is 138 cm³/mol. The van der Waals surface area contributed by atoms with Gasteiger partial charge < -0.3 is 25.2 Å². The summed E-state index contributed by atoms with van der Waals surface area (Å²) in [6, 6.07) is 7.06. The number of benzene rings is 1. The Morgan fingerprint density at radius 1 is 1.16 bits per heavy atom. The van der Waals surface area contributed by atoms with Crippen molar-refractivity contribution in [2.75, 3.05) is 51.2 Å². The third kappa shape index (κ3) is 8.08. The number of ether oxygens (including phenoxy) is 1. The molecule has 2 N–H and O–H groups in total. The second-order valence-corrected chi connectivity index (χ2v) is 8.14. The molecular weight excluding hydrogens is 545 g/mol. The van der Waals surface area contributed by atoms with Gasteiger partial charge in [0, 0.05) is 63.0 Å². The Kier molecular flexibility index (Phi) is 11.5. The molecule has 0 aliphatic carbocycles. The summed E-state index contributed by atoms with van der Waals surface area (Å²) >= 11 is 5.86.